The molecule has 0 fully saturated rings. The molecule has 1 heterocycles. The molecule has 1 aromatic heterocycles. The van der Waals surface area contributed by atoms with E-state index in [1.807, 2.05) is 19.1 Å². The first-order chi connectivity index (χ1) is 9.69. The highest BCUT2D eigenvalue weighted by molar-refractivity contribution is 5.95. The predicted molar refractivity (Wildman–Crippen MR) is 75.4 cm³/mol. The Bertz CT molecular complexity index is 580. The number of anilines is 1. The fourth-order valence-electron chi connectivity index (χ4n) is 1.70. The molecule has 6 nitrogen and oxygen atoms in total. The van der Waals surface area contributed by atoms with Crippen molar-refractivity contribution in [1.29, 1.82) is 0 Å². The third-order valence-corrected chi connectivity index (χ3v) is 2.67. The van der Waals surface area contributed by atoms with Gasteiger partial charge in [-0.1, -0.05) is 18.1 Å². The largest absolute Gasteiger partial charge is 0.376 e. The van der Waals surface area contributed by atoms with Crippen molar-refractivity contribution in [3.63, 3.8) is 0 Å². The molecule has 0 bridgehead atoms. The van der Waals surface area contributed by atoms with Gasteiger partial charge in [-0.2, -0.15) is 4.98 Å². The number of amides is 1. The molecule has 0 radical (unpaired) electrons. The zero-order valence-electron chi connectivity index (χ0n) is 11.6. The van der Waals surface area contributed by atoms with Crippen LogP contribution in [-0.2, 0) is 6.54 Å². The van der Waals surface area contributed by atoms with Gasteiger partial charge in [0.25, 0.3) is 5.91 Å². The minimum absolute atomic E-state index is 0.0656. The van der Waals surface area contributed by atoms with E-state index in [0.717, 1.165) is 12.1 Å². The lowest BCUT2D eigenvalue weighted by atomic mass is 10.2. The summed E-state index contributed by atoms with van der Waals surface area (Å²) in [4.78, 5) is 16.0. The van der Waals surface area contributed by atoms with E-state index in [2.05, 4.69) is 20.8 Å². The van der Waals surface area contributed by atoms with Gasteiger partial charge in [0.05, 0.1) is 6.54 Å². The van der Waals surface area contributed by atoms with E-state index in [4.69, 9.17) is 4.52 Å². The average Bonchev–Trinajstić information content (AvgIpc) is 2.88. The van der Waals surface area contributed by atoms with Gasteiger partial charge < -0.3 is 15.2 Å². The fourth-order valence-corrected chi connectivity index (χ4v) is 1.70. The van der Waals surface area contributed by atoms with Crippen LogP contribution in [0.1, 0.15) is 35.4 Å². The molecular weight excluding hydrogens is 256 g/mol. The van der Waals surface area contributed by atoms with Gasteiger partial charge in [-0.15, -0.1) is 0 Å². The van der Waals surface area contributed by atoms with E-state index in [-0.39, 0.29) is 5.91 Å². The topological polar surface area (TPSA) is 80.0 Å². The average molecular weight is 274 g/mol. The van der Waals surface area contributed by atoms with Crippen LogP contribution in [0.5, 0.6) is 0 Å². The second kappa shape index (κ2) is 6.70. The second-order valence-electron chi connectivity index (χ2n) is 4.43. The summed E-state index contributed by atoms with van der Waals surface area (Å²) in [5.74, 6) is 1.06. The van der Waals surface area contributed by atoms with E-state index in [0.29, 0.717) is 30.4 Å². The molecule has 106 valence electrons. The van der Waals surface area contributed by atoms with Crippen LogP contribution in [0.2, 0.25) is 0 Å². The minimum Gasteiger partial charge on any atom is -0.376 e. The quantitative estimate of drug-likeness (QED) is 0.843. The standard InChI is InChI=1S/C14H18N4O2/c1-3-7-15-14(19)11-5-4-6-12(8-11)16-9-13-17-10(2)18-20-13/h4-6,8,16H,3,7,9H2,1-2H3,(H,15,19). The molecule has 2 rings (SSSR count). The van der Waals surface area contributed by atoms with E-state index in [1.165, 1.54) is 0 Å². The maximum Gasteiger partial charge on any atom is 0.251 e. The van der Waals surface area contributed by atoms with Crippen molar-refractivity contribution in [1.82, 2.24) is 15.5 Å². The van der Waals surface area contributed by atoms with Crippen LogP contribution in [0, 0.1) is 6.92 Å². The summed E-state index contributed by atoms with van der Waals surface area (Å²) in [5, 5.41) is 9.71. The molecule has 20 heavy (non-hydrogen) atoms. The van der Waals surface area contributed by atoms with Crippen molar-refractivity contribution in [2.24, 2.45) is 0 Å². The third-order valence-electron chi connectivity index (χ3n) is 2.67. The number of nitrogens with one attached hydrogen (secondary N) is 2. The number of nitrogens with zero attached hydrogens (tertiary/aromatic N) is 2. The van der Waals surface area contributed by atoms with Crippen molar-refractivity contribution in [2.75, 3.05) is 11.9 Å². The van der Waals surface area contributed by atoms with Crippen molar-refractivity contribution in [3.05, 3.63) is 41.5 Å². The predicted octanol–water partition coefficient (Wildman–Crippen LogP) is 2.13. The molecule has 6 heteroatoms. The molecule has 0 aliphatic rings. The first-order valence-corrected chi connectivity index (χ1v) is 6.60. The summed E-state index contributed by atoms with van der Waals surface area (Å²) in [6.45, 7) is 4.90. The fraction of sp³-hybridized carbons (Fsp3) is 0.357. The molecule has 1 amide bonds. The Morgan fingerprint density at radius 1 is 1.40 bits per heavy atom. The van der Waals surface area contributed by atoms with E-state index < -0.39 is 0 Å². The number of carbonyl (C=O) groups excluding carboxylic acids is 1. The molecule has 1 aromatic carbocycles. The monoisotopic (exact) mass is 274 g/mol. The second-order valence-corrected chi connectivity index (χ2v) is 4.43. The number of aryl methyl sites for hydroxylation is 1. The van der Waals surface area contributed by atoms with Gasteiger partial charge >= 0.3 is 0 Å². The summed E-state index contributed by atoms with van der Waals surface area (Å²) in [6, 6.07) is 7.31. The van der Waals surface area contributed by atoms with Gasteiger partial charge in [0, 0.05) is 17.8 Å². The normalized spacial score (nSPS) is 10.3. The Morgan fingerprint density at radius 2 is 2.25 bits per heavy atom. The molecule has 2 aromatic rings. The van der Waals surface area contributed by atoms with Crippen LogP contribution >= 0.6 is 0 Å². The smallest absolute Gasteiger partial charge is 0.251 e. The van der Waals surface area contributed by atoms with E-state index in [1.54, 1.807) is 19.1 Å². The first-order valence-electron chi connectivity index (χ1n) is 6.60. The van der Waals surface area contributed by atoms with Gasteiger partial charge in [-0.25, -0.2) is 0 Å². The summed E-state index contributed by atoms with van der Waals surface area (Å²) in [5.41, 5.74) is 1.47. The Hall–Kier alpha value is -2.37. The van der Waals surface area contributed by atoms with Crippen LogP contribution in [0.25, 0.3) is 0 Å². The Balaban J connectivity index is 1.97. The van der Waals surface area contributed by atoms with Gasteiger partial charge in [-0.3, -0.25) is 4.79 Å². The summed E-state index contributed by atoms with van der Waals surface area (Å²) in [7, 11) is 0. The molecule has 0 aliphatic carbocycles. The number of aromatic nitrogens is 2. The minimum atomic E-state index is -0.0656. The number of carbonyl (C=O) groups is 1. The van der Waals surface area contributed by atoms with E-state index in [9.17, 15) is 4.79 Å². The zero-order chi connectivity index (χ0) is 14.4. The highest BCUT2D eigenvalue weighted by Crippen LogP contribution is 2.12. The van der Waals surface area contributed by atoms with Crippen LogP contribution in [0.3, 0.4) is 0 Å². The van der Waals surface area contributed by atoms with Crippen molar-refractivity contribution >= 4 is 11.6 Å². The maximum absolute atomic E-state index is 11.9. The number of hydrogen-bond acceptors (Lipinski definition) is 5. The van der Waals surface area contributed by atoms with Crippen LogP contribution < -0.4 is 10.6 Å². The van der Waals surface area contributed by atoms with E-state index >= 15 is 0 Å². The van der Waals surface area contributed by atoms with Crippen LogP contribution in [-0.4, -0.2) is 22.6 Å². The van der Waals surface area contributed by atoms with Gasteiger partial charge in [0.15, 0.2) is 5.82 Å². The Morgan fingerprint density at radius 3 is 2.95 bits per heavy atom. The highest BCUT2D eigenvalue weighted by atomic mass is 16.5. The summed E-state index contributed by atoms with van der Waals surface area (Å²) >= 11 is 0. The highest BCUT2D eigenvalue weighted by Gasteiger charge is 2.06. The Kier molecular flexibility index (Phi) is 4.70. The first kappa shape index (κ1) is 14.0. The molecule has 0 spiro atoms. The lowest BCUT2D eigenvalue weighted by molar-refractivity contribution is 0.0953. The zero-order valence-corrected chi connectivity index (χ0v) is 11.6. The third kappa shape index (κ3) is 3.81. The molecular formula is C14H18N4O2. The number of benzene rings is 1. The maximum atomic E-state index is 11.9. The van der Waals surface area contributed by atoms with Crippen molar-refractivity contribution in [3.8, 4) is 0 Å². The lowest BCUT2D eigenvalue weighted by Crippen LogP contribution is -2.23. The summed E-state index contributed by atoms with van der Waals surface area (Å²) in [6.07, 6.45) is 0.917. The Labute approximate surface area is 117 Å². The van der Waals surface area contributed by atoms with Gasteiger partial charge in [0.1, 0.15) is 0 Å². The SMILES string of the molecule is CCCNC(=O)c1cccc(NCc2nc(C)no2)c1. The van der Waals surface area contributed by atoms with Crippen molar-refractivity contribution < 1.29 is 9.32 Å². The molecule has 0 saturated heterocycles. The molecule has 0 unspecified atom stereocenters. The number of hydrogen-bond donors (Lipinski definition) is 2. The molecule has 2 N–H and O–H groups in total. The molecule has 0 aliphatic heterocycles. The van der Waals surface area contributed by atoms with Gasteiger partial charge in [0.2, 0.25) is 5.89 Å². The summed E-state index contributed by atoms with van der Waals surface area (Å²) < 4.78 is 5.01. The van der Waals surface area contributed by atoms with Crippen LogP contribution in [0.15, 0.2) is 28.8 Å². The van der Waals surface area contributed by atoms with Crippen molar-refractivity contribution in [2.45, 2.75) is 26.8 Å². The molecule has 0 saturated carbocycles. The lowest BCUT2D eigenvalue weighted by Gasteiger charge is -2.07. The van der Waals surface area contributed by atoms with Gasteiger partial charge in [-0.05, 0) is 31.5 Å². The number of rotatable bonds is 6. The molecule has 0 atom stereocenters. The van der Waals surface area contributed by atoms with Crippen LogP contribution in [0.4, 0.5) is 5.69 Å².